The van der Waals surface area contributed by atoms with Gasteiger partial charge in [-0.1, -0.05) is 55.8 Å². The SMILES string of the molecule is CCCNC(=O)[C@@H](CC)N(Cc1ccccc1C)C(=O)CN(c1cc(OC)ccc1OC)S(=O)(=O)c1ccc(C)cc1. The predicted molar refractivity (Wildman–Crippen MR) is 164 cm³/mol. The van der Waals surface area contributed by atoms with Crippen molar-refractivity contribution in [2.24, 2.45) is 0 Å². The summed E-state index contributed by atoms with van der Waals surface area (Å²) in [4.78, 5) is 29.0. The van der Waals surface area contributed by atoms with Crippen molar-refractivity contribution < 1.29 is 27.5 Å². The maximum absolute atomic E-state index is 14.3. The van der Waals surface area contributed by atoms with Crippen LogP contribution in [0.15, 0.2) is 71.6 Å². The van der Waals surface area contributed by atoms with E-state index >= 15 is 0 Å². The Morgan fingerprint density at radius 3 is 2.21 bits per heavy atom. The highest BCUT2D eigenvalue weighted by Crippen LogP contribution is 2.36. The first-order valence-corrected chi connectivity index (χ1v) is 15.4. The summed E-state index contributed by atoms with van der Waals surface area (Å²) in [7, 11) is -1.35. The number of methoxy groups -OCH3 is 2. The number of carbonyl (C=O) groups excluding carboxylic acids is 2. The van der Waals surface area contributed by atoms with Crippen LogP contribution in [-0.2, 0) is 26.2 Å². The average molecular weight is 596 g/mol. The van der Waals surface area contributed by atoms with Crippen LogP contribution in [0.2, 0.25) is 0 Å². The van der Waals surface area contributed by atoms with E-state index in [1.165, 1.54) is 37.3 Å². The van der Waals surface area contributed by atoms with Gasteiger partial charge in [-0.05, 0) is 62.1 Å². The molecule has 0 radical (unpaired) electrons. The highest BCUT2D eigenvalue weighted by molar-refractivity contribution is 7.92. The molecule has 0 aliphatic heterocycles. The summed E-state index contributed by atoms with van der Waals surface area (Å²) in [5.41, 5.74) is 2.85. The number of anilines is 1. The summed E-state index contributed by atoms with van der Waals surface area (Å²) in [5, 5.41) is 2.90. The number of hydrogen-bond donors (Lipinski definition) is 1. The van der Waals surface area contributed by atoms with Crippen molar-refractivity contribution in [2.75, 3.05) is 31.6 Å². The largest absolute Gasteiger partial charge is 0.497 e. The number of hydrogen-bond acceptors (Lipinski definition) is 6. The van der Waals surface area contributed by atoms with Crippen LogP contribution < -0.4 is 19.1 Å². The molecule has 0 aliphatic carbocycles. The summed E-state index contributed by atoms with van der Waals surface area (Å²) >= 11 is 0. The van der Waals surface area contributed by atoms with E-state index in [9.17, 15) is 18.0 Å². The Kier molecular flexibility index (Phi) is 11.4. The van der Waals surface area contributed by atoms with Crippen LogP contribution in [-0.4, -0.2) is 58.5 Å². The molecule has 1 N–H and O–H groups in total. The number of nitrogens with one attached hydrogen (secondary N) is 1. The highest BCUT2D eigenvalue weighted by atomic mass is 32.2. The van der Waals surface area contributed by atoms with Crippen LogP contribution in [0.5, 0.6) is 11.5 Å². The van der Waals surface area contributed by atoms with Gasteiger partial charge in [-0.25, -0.2) is 8.42 Å². The Morgan fingerprint density at radius 1 is 0.929 bits per heavy atom. The predicted octanol–water partition coefficient (Wildman–Crippen LogP) is 4.85. The third-order valence-electron chi connectivity index (χ3n) is 7.08. The maximum Gasteiger partial charge on any atom is 0.264 e. The van der Waals surface area contributed by atoms with Crippen LogP contribution in [0.25, 0.3) is 0 Å². The fourth-order valence-electron chi connectivity index (χ4n) is 4.60. The standard InChI is InChI=1S/C32H41N3O6S/c1-7-19-33-32(37)28(8-2)34(21-25-12-10-9-11-24(25)4)31(36)22-35(29-20-26(40-5)15-18-30(29)41-6)42(38,39)27-16-13-23(3)14-17-27/h9-18,20,28H,7-8,19,21-22H2,1-6H3,(H,33,37)/t28-/m1/s1. The van der Waals surface area contributed by atoms with Gasteiger partial charge in [0, 0.05) is 19.2 Å². The van der Waals surface area contributed by atoms with E-state index in [1.807, 2.05) is 52.0 Å². The first-order chi connectivity index (χ1) is 20.1. The molecule has 0 saturated carbocycles. The Labute approximate surface area is 249 Å². The molecule has 0 spiro atoms. The fraction of sp³-hybridized carbons (Fsp3) is 0.375. The summed E-state index contributed by atoms with van der Waals surface area (Å²) in [6.07, 6.45) is 1.09. The molecule has 0 heterocycles. The van der Waals surface area contributed by atoms with Gasteiger partial charge in [-0.15, -0.1) is 0 Å². The third kappa shape index (κ3) is 7.61. The topological polar surface area (TPSA) is 105 Å². The molecule has 0 saturated heterocycles. The molecular formula is C32H41N3O6S. The lowest BCUT2D eigenvalue weighted by molar-refractivity contribution is -0.140. The van der Waals surface area contributed by atoms with Crippen LogP contribution in [0.1, 0.15) is 43.4 Å². The first kappa shape index (κ1) is 32.5. The van der Waals surface area contributed by atoms with E-state index in [2.05, 4.69) is 5.32 Å². The number of sulfonamides is 1. The lowest BCUT2D eigenvalue weighted by Crippen LogP contribution is -2.52. The van der Waals surface area contributed by atoms with Gasteiger partial charge in [0.05, 0.1) is 24.8 Å². The molecule has 9 nitrogen and oxygen atoms in total. The van der Waals surface area contributed by atoms with E-state index in [4.69, 9.17) is 9.47 Å². The fourth-order valence-corrected chi connectivity index (χ4v) is 6.02. The van der Waals surface area contributed by atoms with Crippen molar-refractivity contribution in [3.8, 4) is 11.5 Å². The maximum atomic E-state index is 14.3. The summed E-state index contributed by atoms with van der Waals surface area (Å²) < 4.78 is 40.3. The molecule has 42 heavy (non-hydrogen) atoms. The summed E-state index contributed by atoms with van der Waals surface area (Å²) in [6.45, 7) is 7.62. The minimum atomic E-state index is -4.26. The molecule has 0 aliphatic rings. The Hall–Kier alpha value is -4.05. The van der Waals surface area contributed by atoms with Crippen molar-refractivity contribution in [2.45, 2.75) is 58.0 Å². The van der Waals surface area contributed by atoms with Crippen molar-refractivity contribution in [1.29, 1.82) is 0 Å². The Bertz CT molecular complexity index is 1470. The van der Waals surface area contributed by atoms with E-state index in [0.29, 0.717) is 18.7 Å². The van der Waals surface area contributed by atoms with E-state index in [1.54, 1.807) is 24.3 Å². The van der Waals surface area contributed by atoms with Gasteiger partial charge in [0.2, 0.25) is 11.8 Å². The molecule has 226 valence electrons. The number of benzene rings is 3. The number of rotatable bonds is 14. The van der Waals surface area contributed by atoms with Crippen molar-refractivity contribution in [3.05, 3.63) is 83.4 Å². The number of amides is 2. The first-order valence-electron chi connectivity index (χ1n) is 14.0. The van der Waals surface area contributed by atoms with Crippen LogP contribution in [0.3, 0.4) is 0 Å². The minimum Gasteiger partial charge on any atom is -0.497 e. The Balaban J connectivity index is 2.15. The number of aryl methyl sites for hydroxylation is 2. The van der Waals surface area contributed by atoms with Crippen molar-refractivity contribution >= 4 is 27.5 Å². The smallest absolute Gasteiger partial charge is 0.264 e. The van der Waals surface area contributed by atoms with E-state index in [0.717, 1.165) is 27.4 Å². The van der Waals surface area contributed by atoms with Gasteiger partial charge in [-0.3, -0.25) is 13.9 Å². The summed E-state index contributed by atoms with van der Waals surface area (Å²) in [5.74, 6) is -0.174. The number of carbonyl (C=O) groups is 2. The molecular weight excluding hydrogens is 554 g/mol. The third-order valence-corrected chi connectivity index (χ3v) is 8.85. The normalized spacial score (nSPS) is 11.9. The van der Waals surface area contributed by atoms with Crippen molar-refractivity contribution in [1.82, 2.24) is 10.2 Å². The summed E-state index contributed by atoms with van der Waals surface area (Å²) in [6, 6.07) is 18.0. The second-order valence-electron chi connectivity index (χ2n) is 10.0. The molecule has 0 aromatic heterocycles. The lowest BCUT2D eigenvalue weighted by Gasteiger charge is -2.34. The number of ether oxygens (including phenoxy) is 2. The molecule has 1 atom stereocenters. The van der Waals surface area contributed by atoms with Gasteiger partial charge in [0.25, 0.3) is 10.0 Å². The van der Waals surface area contributed by atoms with Gasteiger partial charge in [0.15, 0.2) is 0 Å². The zero-order chi connectivity index (χ0) is 30.9. The van der Waals surface area contributed by atoms with Crippen molar-refractivity contribution in [3.63, 3.8) is 0 Å². The van der Waals surface area contributed by atoms with Crippen LogP contribution in [0.4, 0.5) is 5.69 Å². The van der Waals surface area contributed by atoms with Crippen LogP contribution in [0, 0.1) is 13.8 Å². The minimum absolute atomic E-state index is 0.0176. The Morgan fingerprint density at radius 2 is 1.62 bits per heavy atom. The molecule has 0 unspecified atom stereocenters. The molecule has 2 amide bonds. The molecule has 0 fully saturated rings. The second kappa shape index (κ2) is 14.7. The highest BCUT2D eigenvalue weighted by Gasteiger charge is 2.35. The second-order valence-corrected chi connectivity index (χ2v) is 11.9. The molecule has 3 rings (SSSR count). The molecule has 10 heteroatoms. The zero-order valence-corrected chi connectivity index (χ0v) is 26.0. The molecule has 3 aromatic carbocycles. The van der Waals surface area contributed by atoms with Gasteiger partial charge >= 0.3 is 0 Å². The van der Waals surface area contributed by atoms with E-state index in [-0.39, 0.29) is 28.8 Å². The lowest BCUT2D eigenvalue weighted by atomic mass is 10.1. The van der Waals surface area contributed by atoms with E-state index < -0.39 is 28.5 Å². The molecule has 0 bridgehead atoms. The van der Waals surface area contributed by atoms with Crippen LogP contribution >= 0.6 is 0 Å². The number of nitrogens with zero attached hydrogens (tertiary/aromatic N) is 2. The van der Waals surface area contributed by atoms with Gasteiger partial charge in [0.1, 0.15) is 24.1 Å². The van der Waals surface area contributed by atoms with Gasteiger partial charge < -0.3 is 19.7 Å². The quantitative estimate of drug-likeness (QED) is 0.286. The van der Waals surface area contributed by atoms with Gasteiger partial charge in [-0.2, -0.15) is 0 Å². The average Bonchev–Trinajstić information content (AvgIpc) is 2.99. The zero-order valence-electron chi connectivity index (χ0n) is 25.2. The molecule has 3 aromatic rings. The monoisotopic (exact) mass is 595 g/mol.